The van der Waals surface area contributed by atoms with Gasteiger partial charge in [-0.05, 0) is 43.3 Å². The zero-order chi connectivity index (χ0) is 21.2. The van der Waals surface area contributed by atoms with Gasteiger partial charge in [0.2, 0.25) is 0 Å². The van der Waals surface area contributed by atoms with Crippen LogP contribution in [0.1, 0.15) is 17.3 Å². The fourth-order valence-corrected chi connectivity index (χ4v) is 4.26. The highest BCUT2D eigenvalue weighted by molar-refractivity contribution is 5.95. The van der Waals surface area contributed by atoms with Crippen molar-refractivity contribution in [2.75, 3.05) is 31.1 Å². The van der Waals surface area contributed by atoms with E-state index in [1.807, 2.05) is 47.4 Å². The van der Waals surface area contributed by atoms with Crippen LogP contribution in [0.3, 0.4) is 0 Å². The molecule has 3 heterocycles. The molecule has 0 aliphatic carbocycles. The molecule has 5 rings (SSSR count). The lowest BCUT2D eigenvalue weighted by Gasteiger charge is -2.36. The second-order valence-corrected chi connectivity index (χ2v) is 7.72. The molecule has 1 aliphatic heterocycles. The molecule has 2 aromatic heterocycles. The first-order valence-corrected chi connectivity index (χ1v) is 10.8. The number of carbonyl (C=O) groups excluding carboxylic acids is 1. The Balaban J connectivity index is 1.37. The molecule has 6 heteroatoms. The highest BCUT2D eigenvalue weighted by Crippen LogP contribution is 2.25. The summed E-state index contributed by atoms with van der Waals surface area (Å²) in [5.41, 5.74) is 4.59. The monoisotopic (exact) mass is 411 g/mol. The number of pyridine rings is 1. The van der Waals surface area contributed by atoms with Crippen molar-refractivity contribution in [2.45, 2.75) is 13.5 Å². The van der Waals surface area contributed by atoms with E-state index in [0.29, 0.717) is 5.56 Å². The van der Waals surface area contributed by atoms with E-state index >= 15 is 0 Å². The SMILES string of the molecule is CCn1c(-c2cccc(C(=O)N3CCN(c4ccccc4)CC3)c2)nc2cccnc21. The summed E-state index contributed by atoms with van der Waals surface area (Å²) >= 11 is 0. The van der Waals surface area contributed by atoms with Gasteiger partial charge in [-0.15, -0.1) is 0 Å². The Bertz CT molecular complexity index is 1210. The van der Waals surface area contributed by atoms with Crippen LogP contribution in [-0.4, -0.2) is 51.5 Å². The number of hydrogen-bond donors (Lipinski definition) is 0. The van der Waals surface area contributed by atoms with Gasteiger partial charge in [0.05, 0.1) is 0 Å². The Kier molecular flexibility index (Phi) is 5.12. The number of carbonyl (C=O) groups is 1. The smallest absolute Gasteiger partial charge is 0.253 e. The van der Waals surface area contributed by atoms with Gasteiger partial charge in [-0.3, -0.25) is 4.79 Å². The molecule has 0 bridgehead atoms. The van der Waals surface area contributed by atoms with E-state index < -0.39 is 0 Å². The number of nitrogens with zero attached hydrogens (tertiary/aromatic N) is 5. The van der Waals surface area contributed by atoms with E-state index in [1.54, 1.807) is 6.20 Å². The van der Waals surface area contributed by atoms with Gasteiger partial charge in [0.25, 0.3) is 5.91 Å². The lowest BCUT2D eigenvalue weighted by atomic mass is 10.1. The van der Waals surface area contributed by atoms with E-state index in [0.717, 1.165) is 55.3 Å². The summed E-state index contributed by atoms with van der Waals surface area (Å²) in [5.74, 6) is 0.923. The van der Waals surface area contributed by atoms with Crippen molar-refractivity contribution in [1.82, 2.24) is 19.4 Å². The van der Waals surface area contributed by atoms with Gasteiger partial charge in [0.15, 0.2) is 5.65 Å². The summed E-state index contributed by atoms with van der Waals surface area (Å²) in [5, 5.41) is 0. The van der Waals surface area contributed by atoms with Crippen LogP contribution in [0.2, 0.25) is 0 Å². The topological polar surface area (TPSA) is 54.3 Å². The van der Waals surface area contributed by atoms with Crippen LogP contribution < -0.4 is 4.90 Å². The van der Waals surface area contributed by atoms with Gasteiger partial charge >= 0.3 is 0 Å². The molecule has 156 valence electrons. The molecule has 0 atom stereocenters. The molecule has 0 spiro atoms. The first kappa shape index (κ1) is 19.3. The maximum absolute atomic E-state index is 13.2. The van der Waals surface area contributed by atoms with E-state index in [2.05, 4.69) is 45.6 Å². The zero-order valence-electron chi connectivity index (χ0n) is 17.6. The lowest BCUT2D eigenvalue weighted by molar-refractivity contribution is 0.0747. The fourth-order valence-electron chi connectivity index (χ4n) is 4.26. The van der Waals surface area contributed by atoms with Gasteiger partial charge in [-0.1, -0.05) is 30.3 Å². The number of amides is 1. The molecule has 31 heavy (non-hydrogen) atoms. The quantitative estimate of drug-likeness (QED) is 0.508. The van der Waals surface area contributed by atoms with Crippen LogP contribution in [-0.2, 0) is 6.54 Å². The number of aromatic nitrogens is 3. The molecular weight excluding hydrogens is 386 g/mol. The Morgan fingerprint density at radius 1 is 0.935 bits per heavy atom. The maximum atomic E-state index is 13.2. The first-order valence-electron chi connectivity index (χ1n) is 10.8. The highest BCUT2D eigenvalue weighted by atomic mass is 16.2. The van der Waals surface area contributed by atoms with Crippen LogP contribution in [0.4, 0.5) is 5.69 Å². The third-order valence-corrected chi connectivity index (χ3v) is 5.88. The maximum Gasteiger partial charge on any atom is 0.253 e. The van der Waals surface area contributed by atoms with Crippen molar-refractivity contribution in [3.8, 4) is 11.4 Å². The minimum absolute atomic E-state index is 0.0758. The van der Waals surface area contributed by atoms with E-state index in [4.69, 9.17) is 4.98 Å². The number of benzene rings is 2. The average Bonchev–Trinajstić information content (AvgIpc) is 3.23. The molecule has 0 N–H and O–H groups in total. The number of imidazole rings is 1. The minimum atomic E-state index is 0.0758. The van der Waals surface area contributed by atoms with Crippen LogP contribution in [0.25, 0.3) is 22.6 Å². The fraction of sp³-hybridized carbons (Fsp3) is 0.240. The third-order valence-electron chi connectivity index (χ3n) is 5.88. The minimum Gasteiger partial charge on any atom is -0.368 e. The highest BCUT2D eigenvalue weighted by Gasteiger charge is 2.23. The van der Waals surface area contributed by atoms with Crippen molar-refractivity contribution in [3.05, 3.63) is 78.5 Å². The number of piperazine rings is 1. The number of rotatable bonds is 4. The molecule has 1 saturated heterocycles. The molecule has 0 unspecified atom stereocenters. The Labute approximate surface area is 181 Å². The van der Waals surface area contributed by atoms with Crippen LogP contribution in [0, 0.1) is 0 Å². The zero-order valence-corrected chi connectivity index (χ0v) is 17.6. The molecule has 0 saturated carbocycles. The second-order valence-electron chi connectivity index (χ2n) is 7.72. The molecular formula is C25H25N5O. The van der Waals surface area contributed by atoms with Gasteiger partial charge in [-0.25, -0.2) is 9.97 Å². The Hall–Kier alpha value is -3.67. The lowest BCUT2D eigenvalue weighted by Crippen LogP contribution is -2.48. The van der Waals surface area contributed by atoms with Gasteiger partial charge in [-0.2, -0.15) is 0 Å². The standard InChI is InChI=1S/C25H25N5O/c1-2-30-23(27-22-12-7-13-26-24(22)30)19-8-6-9-20(18-19)25(31)29-16-14-28(15-17-29)21-10-4-3-5-11-21/h3-13,18H,2,14-17H2,1H3. The van der Waals surface area contributed by atoms with Gasteiger partial charge in [0, 0.05) is 55.7 Å². The summed E-state index contributed by atoms with van der Waals surface area (Å²) in [4.78, 5) is 26.8. The number of fused-ring (bicyclic) bond motifs is 1. The third kappa shape index (κ3) is 3.65. The molecule has 1 fully saturated rings. The molecule has 6 nitrogen and oxygen atoms in total. The summed E-state index contributed by atoms with van der Waals surface area (Å²) in [6.07, 6.45) is 1.79. The van der Waals surface area contributed by atoms with Gasteiger partial charge < -0.3 is 14.4 Å². The van der Waals surface area contributed by atoms with Crippen LogP contribution >= 0.6 is 0 Å². The predicted molar refractivity (Wildman–Crippen MR) is 123 cm³/mol. The van der Waals surface area contributed by atoms with Crippen LogP contribution in [0.15, 0.2) is 72.9 Å². The summed E-state index contributed by atoms with van der Waals surface area (Å²) in [6.45, 7) is 5.97. The second kappa shape index (κ2) is 8.22. The Morgan fingerprint density at radius 3 is 2.52 bits per heavy atom. The Morgan fingerprint density at radius 2 is 1.74 bits per heavy atom. The summed E-state index contributed by atoms with van der Waals surface area (Å²) in [7, 11) is 0. The first-order chi connectivity index (χ1) is 15.2. The molecule has 1 amide bonds. The van der Waals surface area contributed by atoms with Crippen LogP contribution in [0.5, 0.6) is 0 Å². The van der Waals surface area contributed by atoms with Crippen molar-refractivity contribution in [1.29, 1.82) is 0 Å². The molecule has 0 radical (unpaired) electrons. The summed E-state index contributed by atoms with van der Waals surface area (Å²) < 4.78 is 2.09. The number of anilines is 1. The van der Waals surface area contributed by atoms with E-state index in [1.165, 1.54) is 5.69 Å². The number of hydrogen-bond acceptors (Lipinski definition) is 4. The number of para-hydroxylation sites is 1. The summed E-state index contributed by atoms with van der Waals surface area (Å²) in [6, 6.07) is 22.0. The molecule has 1 aliphatic rings. The van der Waals surface area contributed by atoms with Gasteiger partial charge in [0.1, 0.15) is 11.3 Å². The van der Waals surface area contributed by atoms with E-state index in [-0.39, 0.29) is 5.91 Å². The number of aryl methyl sites for hydroxylation is 1. The van der Waals surface area contributed by atoms with Crippen molar-refractivity contribution in [2.24, 2.45) is 0 Å². The van der Waals surface area contributed by atoms with E-state index in [9.17, 15) is 4.79 Å². The van der Waals surface area contributed by atoms with Crippen molar-refractivity contribution < 1.29 is 4.79 Å². The van der Waals surface area contributed by atoms with Crippen molar-refractivity contribution in [3.63, 3.8) is 0 Å². The molecule has 2 aromatic carbocycles. The molecule has 4 aromatic rings. The average molecular weight is 412 g/mol. The normalized spacial score (nSPS) is 14.2. The predicted octanol–water partition coefficient (Wildman–Crippen LogP) is 4.08. The largest absolute Gasteiger partial charge is 0.368 e. The van der Waals surface area contributed by atoms with Crippen molar-refractivity contribution >= 4 is 22.8 Å².